The summed E-state index contributed by atoms with van der Waals surface area (Å²) in [5.41, 5.74) is 4.08. The number of sulfonamides is 1. The van der Waals surface area contributed by atoms with Crippen LogP contribution in [0.5, 0.6) is 11.5 Å². The molecule has 0 N–H and O–H groups in total. The van der Waals surface area contributed by atoms with Crippen molar-refractivity contribution in [3.8, 4) is 11.5 Å². The van der Waals surface area contributed by atoms with Gasteiger partial charge in [-0.25, -0.2) is 12.7 Å². The predicted octanol–water partition coefficient (Wildman–Crippen LogP) is 8.25. The number of rotatable bonds is 7. The van der Waals surface area contributed by atoms with Crippen LogP contribution in [0.1, 0.15) is 27.8 Å². The summed E-state index contributed by atoms with van der Waals surface area (Å²) in [5.74, 6) is 0.909. The topological polar surface area (TPSA) is 55.8 Å². The first-order chi connectivity index (χ1) is 20.8. The van der Waals surface area contributed by atoms with Gasteiger partial charge >= 0.3 is 0 Å². The molecule has 6 rings (SSSR count). The highest BCUT2D eigenvalue weighted by Crippen LogP contribution is 2.54. The summed E-state index contributed by atoms with van der Waals surface area (Å²) < 4.78 is 43.1. The molecule has 0 fully saturated rings. The SMILES string of the molecule is COc1cc2c(cc1OC)N(S(=O)(=O)c1ccc(C)cc1)C(c1ccccc1)(c1ccc(Cl)cc1)C=C2c1ccccc1. The highest BCUT2D eigenvalue weighted by atomic mass is 35.5. The minimum absolute atomic E-state index is 0.171. The summed E-state index contributed by atoms with van der Waals surface area (Å²) in [6, 6.07) is 37.5. The molecule has 0 bridgehead atoms. The summed E-state index contributed by atoms with van der Waals surface area (Å²) in [7, 11) is -1.08. The third-order valence-electron chi connectivity index (χ3n) is 7.83. The summed E-state index contributed by atoms with van der Waals surface area (Å²) in [4.78, 5) is 0.171. The van der Waals surface area contributed by atoms with E-state index < -0.39 is 15.6 Å². The van der Waals surface area contributed by atoms with Gasteiger partial charge in [-0.15, -0.1) is 0 Å². The third kappa shape index (κ3) is 4.86. The molecular formula is C36H30ClNO4S. The van der Waals surface area contributed by atoms with Crippen molar-refractivity contribution >= 4 is 32.9 Å². The van der Waals surface area contributed by atoms with Gasteiger partial charge in [-0.05, 0) is 65.6 Å². The number of benzene rings is 5. The van der Waals surface area contributed by atoms with Crippen molar-refractivity contribution in [2.24, 2.45) is 0 Å². The molecule has 0 aromatic heterocycles. The van der Waals surface area contributed by atoms with Crippen LogP contribution in [0.2, 0.25) is 5.02 Å². The van der Waals surface area contributed by atoms with Gasteiger partial charge in [0.1, 0.15) is 5.54 Å². The van der Waals surface area contributed by atoms with Gasteiger partial charge in [-0.1, -0.05) is 102 Å². The Morgan fingerprint density at radius 3 is 1.86 bits per heavy atom. The van der Waals surface area contributed by atoms with E-state index in [9.17, 15) is 0 Å². The van der Waals surface area contributed by atoms with Crippen molar-refractivity contribution in [3.63, 3.8) is 0 Å². The molecular weight excluding hydrogens is 578 g/mol. The second kappa shape index (κ2) is 11.3. The number of fused-ring (bicyclic) bond motifs is 1. The number of hydrogen-bond donors (Lipinski definition) is 0. The highest BCUT2D eigenvalue weighted by Gasteiger charge is 2.50. The lowest BCUT2D eigenvalue weighted by Crippen LogP contribution is -2.51. The van der Waals surface area contributed by atoms with E-state index in [1.807, 2.05) is 104 Å². The van der Waals surface area contributed by atoms with Crippen LogP contribution in [0.25, 0.3) is 5.57 Å². The first-order valence-electron chi connectivity index (χ1n) is 13.8. The number of aryl methyl sites for hydroxylation is 1. The van der Waals surface area contributed by atoms with Crippen LogP contribution in [0.4, 0.5) is 5.69 Å². The van der Waals surface area contributed by atoms with Gasteiger partial charge in [0.15, 0.2) is 11.5 Å². The fourth-order valence-electron chi connectivity index (χ4n) is 5.74. The normalized spacial score (nSPS) is 16.3. The Balaban J connectivity index is 1.82. The molecule has 7 heteroatoms. The van der Waals surface area contributed by atoms with E-state index in [1.165, 1.54) is 4.31 Å². The van der Waals surface area contributed by atoms with Crippen LogP contribution >= 0.6 is 11.6 Å². The average Bonchev–Trinajstić information content (AvgIpc) is 3.04. The fourth-order valence-corrected chi connectivity index (χ4v) is 7.61. The van der Waals surface area contributed by atoms with E-state index in [-0.39, 0.29) is 4.90 Å². The molecule has 0 aliphatic carbocycles. The Morgan fingerprint density at radius 2 is 1.26 bits per heavy atom. The first kappa shape index (κ1) is 28.6. The number of hydrogen-bond acceptors (Lipinski definition) is 4. The molecule has 0 spiro atoms. The summed E-state index contributed by atoms with van der Waals surface area (Å²) in [5, 5.41) is 0.551. The second-order valence-corrected chi connectivity index (χ2v) is 12.6. The van der Waals surface area contributed by atoms with Gasteiger partial charge in [-0.3, -0.25) is 0 Å². The van der Waals surface area contributed by atoms with Gasteiger partial charge in [0.25, 0.3) is 10.0 Å². The molecule has 0 amide bonds. The van der Waals surface area contributed by atoms with E-state index in [2.05, 4.69) is 0 Å². The van der Waals surface area contributed by atoms with Crippen LogP contribution in [-0.2, 0) is 15.6 Å². The Kier molecular flexibility index (Phi) is 7.50. The zero-order valence-electron chi connectivity index (χ0n) is 24.0. The lowest BCUT2D eigenvalue weighted by Gasteiger charge is -2.47. The van der Waals surface area contributed by atoms with Crippen LogP contribution in [0.3, 0.4) is 0 Å². The molecule has 1 unspecified atom stereocenters. The van der Waals surface area contributed by atoms with Crippen LogP contribution in [0, 0.1) is 6.92 Å². The van der Waals surface area contributed by atoms with Gasteiger partial charge in [0.2, 0.25) is 0 Å². The lowest BCUT2D eigenvalue weighted by atomic mass is 9.76. The van der Waals surface area contributed by atoms with Crippen LogP contribution in [0.15, 0.2) is 132 Å². The van der Waals surface area contributed by atoms with Crippen molar-refractivity contribution in [3.05, 3.63) is 160 Å². The Morgan fingerprint density at radius 1 is 0.698 bits per heavy atom. The van der Waals surface area contributed by atoms with Crippen molar-refractivity contribution < 1.29 is 17.9 Å². The predicted molar refractivity (Wildman–Crippen MR) is 173 cm³/mol. The average molecular weight is 608 g/mol. The van der Waals surface area contributed by atoms with E-state index in [0.717, 1.165) is 27.8 Å². The molecule has 5 aromatic rings. The van der Waals surface area contributed by atoms with Crippen LogP contribution in [-0.4, -0.2) is 22.6 Å². The molecule has 5 nitrogen and oxygen atoms in total. The monoisotopic (exact) mass is 607 g/mol. The minimum atomic E-state index is -4.20. The van der Waals surface area contributed by atoms with E-state index in [4.69, 9.17) is 21.1 Å². The van der Waals surface area contributed by atoms with Crippen LogP contribution < -0.4 is 13.8 Å². The second-order valence-electron chi connectivity index (χ2n) is 10.4. The summed E-state index contributed by atoms with van der Waals surface area (Å²) in [6.45, 7) is 1.93. The maximum Gasteiger partial charge on any atom is 0.265 e. The Hall–Kier alpha value is -4.52. The summed E-state index contributed by atoms with van der Waals surface area (Å²) >= 11 is 6.38. The number of methoxy groups -OCH3 is 2. The Bertz CT molecular complexity index is 1910. The third-order valence-corrected chi connectivity index (χ3v) is 9.91. The highest BCUT2D eigenvalue weighted by molar-refractivity contribution is 7.93. The maximum absolute atomic E-state index is 15.1. The molecule has 0 radical (unpaired) electrons. The molecule has 0 saturated heterocycles. The van der Waals surface area contributed by atoms with Crippen molar-refractivity contribution in [1.29, 1.82) is 0 Å². The summed E-state index contributed by atoms with van der Waals surface area (Å²) in [6.07, 6.45) is 2.04. The molecule has 1 aliphatic heterocycles. The molecule has 1 heterocycles. The molecule has 1 atom stereocenters. The van der Waals surface area contributed by atoms with Gasteiger partial charge < -0.3 is 9.47 Å². The molecule has 5 aromatic carbocycles. The smallest absolute Gasteiger partial charge is 0.265 e. The van der Waals surface area contributed by atoms with Gasteiger partial charge in [0, 0.05) is 16.7 Å². The number of nitrogens with zero attached hydrogens (tertiary/aromatic N) is 1. The largest absolute Gasteiger partial charge is 0.493 e. The minimum Gasteiger partial charge on any atom is -0.493 e. The standard InChI is InChI=1S/C36H30ClNO4S/c1-25-14-20-30(21-15-25)43(39,40)38-33-23-35(42-3)34(41-2)22-31(33)32(26-10-6-4-7-11-26)24-36(38,27-12-8-5-9-13-27)28-16-18-29(37)19-17-28/h4-24H,1-3H3. The zero-order chi connectivity index (χ0) is 30.2. The van der Waals surface area contributed by atoms with E-state index in [1.54, 1.807) is 44.6 Å². The first-order valence-corrected chi connectivity index (χ1v) is 15.6. The molecule has 43 heavy (non-hydrogen) atoms. The van der Waals surface area contributed by atoms with Crippen molar-refractivity contribution in [2.75, 3.05) is 18.5 Å². The molecule has 216 valence electrons. The number of ether oxygens (including phenoxy) is 2. The van der Waals surface area contributed by atoms with Crippen molar-refractivity contribution in [1.82, 2.24) is 0 Å². The maximum atomic E-state index is 15.1. The zero-order valence-corrected chi connectivity index (χ0v) is 25.6. The van der Waals surface area contributed by atoms with E-state index >= 15 is 8.42 Å². The quantitative estimate of drug-likeness (QED) is 0.187. The number of anilines is 1. The van der Waals surface area contributed by atoms with Gasteiger partial charge in [-0.2, -0.15) is 0 Å². The fraction of sp³-hybridized carbons (Fsp3) is 0.111. The number of halogens is 1. The van der Waals surface area contributed by atoms with E-state index in [0.29, 0.717) is 27.8 Å². The lowest BCUT2D eigenvalue weighted by molar-refractivity contribution is 0.355. The Labute approximate surface area is 257 Å². The molecule has 0 saturated carbocycles. The molecule has 1 aliphatic rings. The van der Waals surface area contributed by atoms with Gasteiger partial charge in [0.05, 0.1) is 24.8 Å². The van der Waals surface area contributed by atoms with Crippen molar-refractivity contribution in [2.45, 2.75) is 17.4 Å².